The molecule has 0 radical (unpaired) electrons. The van der Waals surface area contributed by atoms with Crippen LogP contribution in [0.15, 0.2) is 53.4 Å². The summed E-state index contributed by atoms with van der Waals surface area (Å²) in [4.78, 5) is 12.2. The van der Waals surface area contributed by atoms with Gasteiger partial charge >= 0.3 is 0 Å². The first-order valence-electron chi connectivity index (χ1n) is 8.19. The van der Waals surface area contributed by atoms with E-state index in [9.17, 15) is 13.2 Å². The second-order valence-corrected chi connectivity index (χ2v) is 9.58. The molecule has 1 aliphatic rings. The molecule has 0 bridgehead atoms. The Labute approximate surface area is 170 Å². The van der Waals surface area contributed by atoms with Crippen LogP contribution in [-0.2, 0) is 19.4 Å². The Morgan fingerprint density at radius 2 is 1.56 bits per heavy atom. The Kier molecular flexibility index (Phi) is 6.04. The minimum Gasteiger partial charge on any atom is -0.457 e. The fourth-order valence-corrected chi connectivity index (χ4v) is 5.27. The second-order valence-electron chi connectivity index (χ2n) is 6.08. The summed E-state index contributed by atoms with van der Waals surface area (Å²) < 4.78 is 36.5. The predicted molar refractivity (Wildman–Crippen MR) is 106 cm³/mol. The number of hydrogen-bond donors (Lipinski definition) is 2. The molecule has 27 heavy (non-hydrogen) atoms. The van der Waals surface area contributed by atoms with Crippen LogP contribution in [0.1, 0.15) is 12.8 Å². The summed E-state index contributed by atoms with van der Waals surface area (Å²) in [6.45, 7) is 0.251. The fraction of sp³-hybridized carbons (Fsp3) is 0.278. The lowest BCUT2D eigenvalue weighted by Crippen LogP contribution is -2.54. The van der Waals surface area contributed by atoms with E-state index >= 15 is 0 Å². The molecule has 9 heteroatoms. The van der Waals surface area contributed by atoms with Gasteiger partial charge in [0, 0.05) is 16.8 Å². The molecule has 2 N–H and O–H groups in total. The number of halogens is 1. The Morgan fingerprint density at radius 3 is 2.07 bits per heavy atom. The first-order valence-corrected chi connectivity index (χ1v) is 10.8. The molecule has 0 aliphatic carbocycles. The van der Waals surface area contributed by atoms with Crippen molar-refractivity contribution in [3.8, 4) is 11.5 Å². The monoisotopic (exact) mass is 503 g/mol. The van der Waals surface area contributed by atoms with Crippen molar-refractivity contribution in [2.24, 2.45) is 0 Å². The molecule has 3 rings (SSSR count). The largest absolute Gasteiger partial charge is 0.457 e. The maximum atomic E-state index is 13.1. The zero-order valence-corrected chi connectivity index (χ0v) is 17.2. The van der Waals surface area contributed by atoms with Crippen LogP contribution >= 0.6 is 22.6 Å². The van der Waals surface area contributed by atoms with Gasteiger partial charge in [0.05, 0.1) is 4.90 Å². The van der Waals surface area contributed by atoms with E-state index in [0.717, 1.165) is 3.57 Å². The lowest BCUT2D eigenvalue weighted by Gasteiger charge is -2.34. The van der Waals surface area contributed by atoms with Gasteiger partial charge < -0.3 is 9.47 Å². The van der Waals surface area contributed by atoms with Crippen molar-refractivity contribution in [2.75, 3.05) is 13.2 Å². The highest BCUT2D eigenvalue weighted by Gasteiger charge is 2.52. The van der Waals surface area contributed by atoms with E-state index in [1.54, 1.807) is 0 Å². The van der Waals surface area contributed by atoms with E-state index in [2.05, 4.69) is 22.6 Å². The van der Waals surface area contributed by atoms with Crippen molar-refractivity contribution in [3.63, 3.8) is 0 Å². The summed E-state index contributed by atoms with van der Waals surface area (Å²) in [6.07, 6.45) is -0.0503. The first kappa shape index (κ1) is 20.1. The van der Waals surface area contributed by atoms with Crippen molar-refractivity contribution < 1.29 is 27.9 Å². The van der Waals surface area contributed by atoms with E-state index in [1.165, 1.54) is 29.7 Å². The molecule has 2 aromatic carbocycles. The number of hydroxylamine groups is 1. The first-order chi connectivity index (χ1) is 12.9. The Balaban J connectivity index is 1.88. The Morgan fingerprint density at radius 1 is 1.04 bits per heavy atom. The molecule has 1 fully saturated rings. The van der Waals surface area contributed by atoms with Gasteiger partial charge in [-0.25, -0.2) is 13.9 Å². The lowest BCUT2D eigenvalue weighted by molar-refractivity contribution is -0.134. The Hall–Kier alpha value is -1.69. The van der Waals surface area contributed by atoms with Crippen molar-refractivity contribution in [2.45, 2.75) is 22.5 Å². The third kappa shape index (κ3) is 3.96. The lowest BCUT2D eigenvalue weighted by atomic mass is 9.98. The third-order valence-electron chi connectivity index (χ3n) is 4.51. The number of ether oxygens (including phenoxy) is 2. The predicted octanol–water partition coefficient (Wildman–Crippen LogP) is 2.91. The van der Waals surface area contributed by atoms with Crippen LogP contribution in [0.4, 0.5) is 0 Å². The quantitative estimate of drug-likeness (QED) is 0.370. The van der Waals surface area contributed by atoms with Gasteiger partial charge in [0.25, 0.3) is 5.91 Å². The van der Waals surface area contributed by atoms with Gasteiger partial charge in [-0.3, -0.25) is 10.0 Å². The summed E-state index contributed by atoms with van der Waals surface area (Å²) >= 11 is 2.19. The van der Waals surface area contributed by atoms with Gasteiger partial charge in [-0.1, -0.05) is 0 Å². The number of carbonyl (C=O) groups excluding carboxylic acids is 1. The smallest absolute Gasteiger partial charge is 0.265 e. The van der Waals surface area contributed by atoms with Gasteiger partial charge in [-0.05, 0) is 84.0 Å². The molecule has 0 unspecified atom stereocenters. The highest BCUT2D eigenvalue weighted by Crippen LogP contribution is 2.36. The van der Waals surface area contributed by atoms with Gasteiger partial charge in [0.15, 0.2) is 14.6 Å². The van der Waals surface area contributed by atoms with Gasteiger partial charge in [-0.15, -0.1) is 0 Å². The normalized spacial score (nSPS) is 16.5. The summed E-state index contributed by atoms with van der Waals surface area (Å²) in [5, 5.41) is 9.06. The molecule has 0 atom stereocenters. The SMILES string of the molecule is O=C(NO)C1(S(=O)(=O)c2ccc(Oc3ccc(I)cc3)cc2)CCOCC1. The minimum atomic E-state index is -4.04. The average molecular weight is 503 g/mol. The minimum absolute atomic E-state index is 0.0111. The van der Waals surface area contributed by atoms with E-state index in [-0.39, 0.29) is 31.0 Å². The number of rotatable bonds is 5. The molecule has 144 valence electrons. The van der Waals surface area contributed by atoms with Crippen LogP contribution in [-0.4, -0.2) is 37.5 Å². The number of nitrogens with one attached hydrogen (secondary N) is 1. The molecule has 0 aromatic heterocycles. The molecule has 1 saturated heterocycles. The van der Waals surface area contributed by atoms with Gasteiger partial charge in [-0.2, -0.15) is 0 Å². The maximum Gasteiger partial charge on any atom is 0.265 e. The third-order valence-corrected chi connectivity index (χ3v) is 7.75. The molecular formula is C18H18INO6S. The number of carbonyl (C=O) groups is 1. The molecule has 0 spiro atoms. The molecule has 7 nitrogen and oxygen atoms in total. The second kappa shape index (κ2) is 8.13. The zero-order valence-electron chi connectivity index (χ0n) is 14.2. The van der Waals surface area contributed by atoms with Crippen LogP contribution in [0.3, 0.4) is 0 Å². The molecule has 0 saturated carbocycles. The molecule has 1 aliphatic heterocycles. The fourth-order valence-electron chi connectivity index (χ4n) is 2.97. The number of benzene rings is 2. The van der Waals surface area contributed by atoms with Crippen molar-refractivity contribution in [1.29, 1.82) is 0 Å². The van der Waals surface area contributed by atoms with Crippen LogP contribution in [0.2, 0.25) is 0 Å². The zero-order chi connectivity index (χ0) is 19.5. The summed E-state index contributed by atoms with van der Waals surface area (Å²) in [5.41, 5.74) is 1.50. The standard InChI is InChI=1S/C18H18INO6S/c19-13-1-3-14(4-2-13)26-15-5-7-16(8-6-15)27(23,24)18(17(21)20-22)9-11-25-12-10-18/h1-8,22H,9-12H2,(H,20,21). The van der Waals surface area contributed by atoms with E-state index < -0.39 is 20.5 Å². The Bertz CT molecular complexity index is 906. The van der Waals surface area contributed by atoms with Crippen molar-refractivity contribution >= 4 is 38.3 Å². The highest BCUT2D eigenvalue weighted by atomic mass is 127. The number of sulfone groups is 1. The average Bonchev–Trinajstić information content (AvgIpc) is 2.70. The number of hydrogen-bond acceptors (Lipinski definition) is 6. The summed E-state index contributed by atoms with van der Waals surface area (Å²) in [6, 6.07) is 13.3. The van der Waals surface area contributed by atoms with Crippen molar-refractivity contribution in [3.05, 3.63) is 52.1 Å². The topological polar surface area (TPSA) is 102 Å². The van der Waals surface area contributed by atoms with Gasteiger partial charge in [0.2, 0.25) is 0 Å². The molecule has 2 aromatic rings. The van der Waals surface area contributed by atoms with Crippen LogP contribution in [0.5, 0.6) is 11.5 Å². The highest BCUT2D eigenvalue weighted by molar-refractivity contribution is 14.1. The summed E-state index contributed by atoms with van der Waals surface area (Å²) in [7, 11) is -4.04. The number of amides is 1. The summed E-state index contributed by atoms with van der Waals surface area (Å²) in [5.74, 6) is 0.166. The van der Waals surface area contributed by atoms with Crippen LogP contribution in [0.25, 0.3) is 0 Å². The van der Waals surface area contributed by atoms with E-state index in [4.69, 9.17) is 14.7 Å². The van der Waals surface area contributed by atoms with Gasteiger partial charge in [0.1, 0.15) is 11.5 Å². The molecule has 1 amide bonds. The maximum absolute atomic E-state index is 13.1. The van der Waals surface area contributed by atoms with E-state index in [1.807, 2.05) is 24.3 Å². The van der Waals surface area contributed by atoms with Crippen LogP contribution in [0, 0.1) is 3.57 Å². The van der Waals surface area contributed by atoms with E-state index in [0.29, 0.717) is 11.5 Å². The molecule has 1 heterocycles. The van der Waals surface area contributed by atoms with Crippen LogP contribution < -0.4 is 10.2 Å². The molecular weight excluding hydrogens is 485 g/mol. The van der Waals surface area contributed by atoms with Crippen molar-refractivity contribution in [1.82, 2.24) is 5.48 Å².